The second-order valence-electron chi connectivity index (χ2n) is 8.35. The summed E-state index contributed by atoms with van der Waals surface area (Å²) < 4.78 is 40.0. The van der Waals surface area contributed by atoms with Crippen molar-refractivity contribution in [1.29, 1.82) is 0 Å². The molecule has 2 atom stereocenters. The van der Waals surface area contributed by atoms with E-state index in [9.17, 15) is 22.4 Å². The second kappa shape index (κ2) is 9.34. The smallest absolute Gasteiger partial charge is 0.237 e. The van der Waals surface area contributed by atoms with E-state index >= 15 is 0 Å². The van der Waals surface area contributed by atoms with Crippen molar-refractivity contribution in [3.63, 3.8) is 0 Å². The lowest BCUT2D eigenvalue weighted by Crippen LogP contribution is -2.51. The number of piperazine rings is 1. The van der Waals surface area contributed by atoms with Gasteiger partial charge in [0.05, 0.1) is 27.3 Å². The van der Waals surface area contributed by atoms with Gasteiger partial charge in [0.2, 0.25) is 11.8 Å². The van der Waals surface area contributed by atoms with Gasteiger partial charge in [-0.3, -0.25) is 9.59 Å². The molecule has 2 aromatic carbocycles. The summed E-state index contributed by atoms with van der Waals surface area (Å²) in [7, 11) is -3.74. The summed E-state index contributed by atoms with van der Waals surface area (Å²) in [6.07, 6.45) is 0. The van der Waals surface area contributed by atoms with E-state index in [-0.39, 0.29) is 33.5 Å². The van der Waals surface area contributed by atoms with Crippen molar-refractivity contribution in [2.75, 3.05) is 42.1 Å². The van der Waals surface area contributed by atoms with Crippen molar-refractivity contribution in [2.45, 2.75) is 28.9 Å². The molecule has 2 amide bonds. The molecule has 4 rings (SSSR count). The normalized spacial score (nSPS) is 19.6. The van der Waals surface area contributed by atoms with Crippen molar-refractivity contribution in [1.82, 2.24) is 4.90 Å². The van der Waals surface area contributed by atoms with Gasteiger partial charge in [-0.15, -0.1) is 11.8 Å². The predicted molar refractivity (Wildman–Crippen MR) is 127 cm³/mol. The summed E-state index contributed by atoms with van der Waals surface area (Å²) in [5.74, 6) is -1.75. The lowest BCUT2D eigenvalue weighted by Gasteiger charge is -2.37. The Bertz CT molecular complexity index is 1180. The predicted octanol–water partition coefficient (Wildman–Crippen LogP) is 3.02. The Morgan fingerprint density at radius 2 is 1.88 bits per heavy atom. The fraction of sp³-hybridized carbons (Fsp3) is 0.391. The molecule has 7 nitrogen and oxygen atoms in total. The molecule has 1 saturated heterocycles. The first-order valence-corrected chi connectivity index (χ1v) is 13.3. The molecule has 10 heteroatoms. The number of hydrogen-bond donors (Lipinski definition) is 1. The van der Waals surface area contributed by atoms with E-state index in [2.05, 4.69) is 5.32 Å². The molecule has 0 bridgehead atoms. The van der Waals surface area contributed by atoms with Gasteiger partial charge in [-0.05, 0) is 37.3 Å². The molecular formula is C23H26FN3O4S2. The molecule has 0 spiro atoms. The maximum Gasteiger partial charge on any atom is 0.237 e. The largest absolute Gasteiger partial charge is 0.366 e. The molecule has 2 aromatic rings. The Morgan fingerprint density at radius 3 is 2.58 bits per heavy atom. The van der Waals surface area contributed by atoms with Crippen molar-refractivity contribution in [3.05, 3.63) is 48.3 Å². The summed E-state index contributed by atoms with van der Waals surface area (Å²) in [5.41, 5.74) is 0.986. The van der Waals surface area contributed by atoms with E-state index in [0.29, 0.717) is 37.6 Å². The van der Waals surface area contributed by atoms with Crippen molar-refractivity contribution >= 4 is 44.8 Å². The highest BCUT2D eigenvalue weighted by Crippen LogP contribution is 2.37. The monoisotopic (exact) mass is 491 g/mol. The van der Waals surface area contributed by atoms with Crippen LogP contribution >= 0.6 is 11.8 Å². The number of benzene rings is 2. The Labute approximate surface area is 197 Å². The van der Waals surface area contributed by atoms with Gasteiger partial charge >= 0.3 is 0 Å². The second-order valence-corrected chi connectivity index (χ2v) is 11.8. The van der Waals surface area contributed by atoms with Crippen molar-refractivity contribution < 1.29 is 22.4 Å². The first-order chi connectivity index (χ1) is 15.7. The quantitative estimate of drug-likeness (QED) is 0.692. The number of anilines is 2. The molecule has 176 valence electrons. The van der Waals surface area contributed by atoms with Crippen LogP contribution in [0, 0.1) is 11.7 Å². The molecule has 2 aliphatic rings. The average molecular weight is 492 g/mol. The average Bonchev–Trinajstić information content (AvgIpc) is 2.79. The maximum absolute atomic E-state index is 14.0. The molecule has 0 saturated carbocycles. The zero-order valence-electron chi connectivity index (χ0n) is 18.5. The standard InChI is InChI=1S/C23H26FN3O4S2/c1-15(23(29)27-11-9-26(10-12-27)20-6-4-3-5-18(20)24)14-33(30,31)17-7-8-21-19(13-17)25-22(28)16(2)32-21/h3-8,13,15-16H,9-12,14H2,1-2H3,(H,25,28)/t15-,16-/m0/s1. The molecule has 0 radical (unpaired) electrons. The van der Waals surface area contributed by atoms with Crippen LogP contribution in [0.15, 0.2) is 52.3 Å². The molecule has 1 N–H and O–H groups in total. The van der Waals surface area contributed by atoms with Gasteiger partial charge in [0.25, 0.3) is 0 Å². The van der Waals surface area contributed by atoms with Crippen molar-refractivity contribution in [2.24, 2.45) is 5.92 Å². The Balaban J connectivity index is 1.39. The molecular weight excluding hydrogens is 465 g/mol. The molecule has 2 aliphatic heterocycles. The highest BCUT2D eigenvalue weighted by Gasteiger charge is 2.31. The van der Waals surface area contributed by atoms with E-state index in [1.807, 2.05) is 4.90 Å². The Kier molecular flexibility index (Phi) is 6.67. The van der Waals surface area contributed by atoms with Gasteiger partial charge in [0, 0.05) is 37.0 Å². The van der Waals surface area contributed by atoms with Gasteiger partial charge in [-0.1, -0.05) is 19.1 Å². The van der Waals surface area contributed by atoms with E-state index in [1.165, 1.54) is 30.0 Å². The van der Waals surface area contributed by atoms with E-state index < -0.39 is 15.8 Å². The first-order valence-electron chi connectivity index (χ1n) is 10.8. The van der Waals surface area contributed by atoms with Crippen LogP contribution in [0.25, 0.3) is 0 Å². The minimum Gasteiger partial charge on any atom is -0.366 e. The number of nitrogens with one attached hydrogen (secondary N) is 1. The highest BCUT2D eigenvalue weighted by atomic mass is 32.2. The molecule has 0 aliphatic carbocycles. The van der Waals surface area contributed by atoms with Crippen LogP contribution in [-0.4, -0.2) is 62.3 Å². The Hall–Kier alpha value is -2.59. The summed E-state index contributed by atoms with van der Waals surface area (Å²) in [6.45, 7) is 5.16. The minimum atomic E-state index is -3.74. The number of para-hydroxylation sites is 1. The van der Waals surface area contributed by atoms with Crippen LogP contribution in [0.3, 0.4) is 0 Å². The van der Waals surface area contributed by atoms with Crippen LogP contribution in [0.5, 0.6) is 0 Å². The molecule has 2 heterocycles. The number of nitrogens with zero attached hydrogens (tertiary/aromatic N) is 2. The van der Waals surface area contributed by atoms with Gasteiger partial charge < -0.3 is 15.1 Å². The summed E-state index contributed by atoms with van der Waals surface area (Å²) in [6, 6.07) is 11.2. The summed E-state index contributed by atoms with van der Waals surface area (Å²) in [5, 5.41) is 2.50. The highest BCUT2D eigenvalue weighted by molar-refractivity contribution is 8.01. The number of carbonyl (C=O) groups excluding carboxylic acids is 2. The Morgan fingerprint density at radius 1 is 1.18 bits per heavy atom. The van der Waals surface area contributed by atoms with Crippen LogP contribution in [0.4, 0.5) is 15.8 Å². The third kappa shape index (κ3) is 5.01. The van der Waals surface area contributed by atoms with Gasteiger partial charge in [-0.2, -0.15) is 0 Å². The first kappa shape index (κ1) is 23.6. The van der Waals surface area contributed by atoms with E-state index in [0.717, 1.165) is 4.90 Å². The number of thioether (sulfide) groups is 1. The number of amides is 2. The number of hydrogen-bond acceptors (Lipinski definition) is 6. The van der Waals surface area contributed by atoms with Gasteiger partial charge in [0.15, 0.2) is 9.84 Å². The van der Waals surface area contributed by atoms with Crippen LogP contribution < -0.4 is 10.2 Å². The number of sulfone groups is 1. The molecule has 0 unspecified atom stereocenters. The third-order valence-electron chi connectivity index (χ3n) is 5.92. The zero-order chi connectivity index (χ0) is 23.8. The van der Waals surface area contributed by atoms with Crippen molar-refractivity contribution in [3.8, 4) is 0 Å². The maximum atomic E-state index is 14.0. The van der Waals surface area contributed by atoms with Crippen LogP contribution in [-0.2, 0) is 19.4 Å². The van der Waals surface area contributed by atoms with Crippen LogP contribution in [0.1, 0.15) is 13.8 Å². The number of halogens is 1. The number of fused-ring (bicyclic) bond motifs is 1. The molecule has 1 fully saturated rings. The lowest BCUT2D eigenvalue weighted by molar-refractivity contribution is -0.134. The molecule has 33 heavy (non-hydrogen) atoms. The SMILES string of the molecule is C[C@@H]1Sc2ccc(S(=O)(=O)C[C@H](C)C(=O)N3CCN(c4ccccc4F)CC3)cc2NC1=O. The third-order valence-corrected chi connectivity index (χ3v) is 9.01. The fourth-order valence-electron chi connectivity index (χ4n) is 4.07. The summed E-state index contributed by atoms with van der Waals surface area (Å²) in [4.78, 5) is 29.3. The van der Waals surface area contributed by atoms with E-state index in [4.69, 9.17) is 0 Å². The topological polar surface area (TPSA) is 86.8 Å². The molecule has 0 aromatic heterocycles. The summed E-state index contributed by atoms with van der Waals surface area (Å²) >= 11 is 1.38. The zero-order valence-corrected chi connectivity index (χ0v) is 20.1. The van der Waals surface area contributed by atoms with E-state index in [1.54, 1.807) is 43.0 Å². The van der Waals surface area contributed by atoms with Gasteiger partial charge in [-0.25, -0.2) is 12.8 Å². The van der Waals surface area contributed by atoms with Crippen LogP contribution in [0.2, 0.25) is 0 Å². The fourth-order valence-corrected chi connectivity index (χ4v) is 6.56. The van der Waals surface area contributed by atoms with Gasteiger partial charge in [0.1, 0.15) is 5.82 Å². The minimum absolute atomic E-state index is 0.0840. The number of carbonyl (C=O) groups is 2. The number of rotatable bonds is 5. The lowest BCUT2D eigenvalue weighted by atomic mass is 10.1.